The summed E-state index contributed by atoms with van der Waals surface area (Å²) in [4.78, 5) is 16.6. The fourth-order valence-corrected chi connectivity index (χ4v) is 2.76. The van der Waals surface area contributed by atoms with Crippen LogP contribution in [0.25, 0.3) is 0 Å². The monoisotopic (exact) mass is 279 g/mol. The van der Waals surface area contributed by atoms with E-state index in [9.17, 15) is 10.1 Å². The SMILES string of the molecule is O=[N+]([O-])c1ccc(N2CCOC3(CCOCC3)C2)nc1. The zero-order chi connectivity index (χ0) is 14.0. The van der Waals surface area contributed by atoms with Crippen LogP contribution >= 0.6 is 0 Å². The van der Waals surface area contributed by atoms with Gasteiger partial charge in [-0.2, -0.15) is 0 Å². The summed E-state index contributed by atoms with van der Waals surface area (Å²) < 4.78 is 11.4. The van der Waals surface area contributed by atoms with E-state index in [0.717, 1.165) is 45.0 Å². The molecule has 20 heavy (non-hydrogen) atoms. The lowest BCUT2D eigenvalue weighted by Gasteiger charge is -2.45. The van der Waals surface area contributed by atoms with Crippen LogP contribution in [0.5, 0.6) is 0 Å². The number of ether oxygens (including phenoxy) is 2. The molecule has 0 atom stereocenters. The molecule has 108 valence electrons. The minimum Gasteiger partial charge on any atom is -0.381 e. The Kier molecular flexibility index (Phi) is 3.54. The lowest BCUT2D eigenvalue weighted by molar-refractivity contribution is -0.385. The quantitative estimate of drug-likeness (QED) is 0.601. The highest BCUT2D eigenvalue weighted by molar-refractivity contribution is 5.43. The molecule has 0 amide bonds. The first kappa shape index (κ1) is 13.3. The van der Waals surface area contributed by atoms with Crippen LogP contribution in [-0.2, 0) is 9.47 Å². The van der Waals surface area contributed by atoms with Crippen LogP contribution in [0.3, 0.4) is 0 Å². The third-order valence-electron chi connectivity index (χ3n) is 3.92. The molecule has 2 aliphatic rings. The van der Waals surface area contributed by atoms with Crippen LogP contribution in [0.4, 0.5) is 11.5 Å². The summed E-state index contributed by atoms with van der Waals surface area (Å²) in [5.74, 6) is 0.768. The molecule has 0 aliphatic carbocycles. The second-order valence-electron chi connectivity index (χ2n) is 5.20. The summed E-state index contributed by atoms with van der Waals surface area (Å²) in [6.45, 7) is 3.62. The normalized spacial score (nSPS) is 21.9. The lowest BCUT2D eigenvalue weighted by Crippen LogP contribution is -2.54. The average molecular weight is 279 g/mol. The van der Waals surface area contributed by atoms with Gasteiger partial charge in [0.2, 0.25) is 0 Å². The maximum Gasteiger partial charge on any atom is 0.287 e. The number of anilines is 1. The van der Waals surface area contributed by atoms with Crippen LogP contribution in [0.15, 0.2) is 18.3 Å². The maximum absolute atomic E-state index is 10.6. The van der Waals surface area contributed by atoms with Crippen molar-refractivity contribution in [2.24, 2.45) is 0 Å². The molecule has 0 saturated carbocycles. The summed E-state index contributed by atoms with van der Waals surface area (Å²) in [6, 6.07) is 3.20. The summed E-state index contributed by atoms with van der Waals surface area (Å²) >= 11 is 0. The highest BCUT2D eigenvalue weighted by Crippen LogP contribution is 2.31. The summed E-state index contributed by atoms with van der Waals surface area (Å²) in [7, 11) is 0. The minimum atomic E-state index is -0.434. The predicted molar refractivity (Wildman–Crippen MR) is 71.8 cm³/mol. The molecule has 0 radical (unpaired) electrons. The molecule has 1 spiro atoms. The Hall–Kier alpha value is -1.73. The van der Waals surface area contributed by atoms with Gasteiger partial charge in [-0.3, -0.25) is 10.1 Å². The predicted octanol–water partition coefficient (Wildman–Crippen LogP) is 1.38. The van der Waals surface area contributed by atoms with Crippen LogP contribution in [0.2, 0.25) is 0 Å². The van der Waals surface area contributed by atoms with E-state index in [1.54, 1.807) is 6.07 Å². The fraction of sp³-hybridized carbons (Fsp3) is 0.615. The largest absolute Gasteiger partial charge is 0.381 e. The van der Waals surface area contributed by atoms with Gasteiger partial charge in [0.05, 0.1) is 17.1 Å². The van der Waals surface area contributed by atoms with E-state index in [4.69, 9.17) is 9.47 Å². The number of nitro groups is 1. The van der Waals surface area contributed by atoms with Crippen molar-refractivity contribution in [3.05, 3.63) is 28.4 Å². The van der Waals surface area contributed by atoms with Gasteiger partial charge in [0.1, 0.15) is 12.0 Å². The first-order chi connectivity index (χ1) is 9.69. The molecule has 3 heterocycles. The van der Waals surface area contributed by atoms with Crippen LogP contribution in [-0.4, -0.2) is 48.4 Å². The highest BCUT2D eigenvalue weighted by atomic mass is 16.6. The van der Waals surface area contributed by atoms with Crippen LogP contribution in [0, 0.1) is 10.1 Å². The number of hydrogen-bond acceptors (Lipinski definition) is 6. The van der Waals surface area contributed by atoms with Crippen molar-refractivity contribution in [3.8, 4) is 0 Å². The number of hydrogen-bond donors (Lipinski definition) is 0. The van der Waals surface area contributed by atoms with Crippen molar-refractivity contribution in [1.82, 2.24) is 4.98 Å². The molecule has 1 aromatic heterocycles. The molecule has 2 fully saturated rings. The van der Waals surface area contributed by atoms with Gasteiger partial charge in [-0.1, -0.05) is 0 Å². The summed E-state index contributed by atoms with van der Waals surface area (Å²) in [5.41, 5.74) is -0.136. The van der Waals surface area contributed by atoms with Crippen molar-refractivity contribution in [2.45, 2.75) is 18.4 Å². The Morgan fingerprint density at radius 2 is 2.10 bits per heavy atom. The van der Waals surface area contributed by atoms with Crippen molar-refractivity contribution >= 4 is 11.5 Å². The van der Waals surface area contributed by atoms with Crippen molar-refractivity contribution in [1.29, 1.82) is 0 Å². The van der Waals surface area contributed by atoms with Gasteiger partial charge in [-0.05, 0) is 6.07 Å². The third kappa shape index (κ3) is 2.59. The standard InChI is InChI=1S/C13H17N3O4/c17-16(18)11-1-2-12(14-9-11)15-5-8-20-13(10-15)3-6-19-7-4-13/h1-2,9H,3-8,10H2. The van der Waals surface area contributed by atoms with Gasteiger partial charge in [0.25, 0.3) is 5.69 Å². The Balaban J connectivity index is 1.74. The van der Waals surface area contributed by atoms with E-state index in [2.05, 4.69) is 9.88 Å². The van der Waals surface area contributed by atoms with E-state index in [-0.39, 0.29) is 11.3 Å². The van der Waals surface area contributed by atoms with Crippen LogP contribution < -0.4 is 4.90 Å². The van der Waals surface area contributed by atoms with E-state index in [0.29, 0.717) is 6.61 Å². The van der Waals surface area contributed by atoms with Gasteiger partial charge in [0, 0.05) is 45.2 Å². The van der Waals surface area contributed by atoms with Gasteiger partial charge < -0.3 is 14.4 Å². The lowest BCUT2D eigenvalue weighted by atomic mass is 9.92. The molecule has 0 unspecified atom stereocenters. The summed E-state index contributed by atoms with van der Waals surface area (Å²) in [6.07, 6.45) is 3.08. The smallest absolute Gasteiger partial charge is 0.287 e. The Labute approximate surface area is 116 Å². The van der Waals surface area contributed by atoms with Crippen molar-refractivity contribution < 1.29 is 14.4 Å². The molecular formula is C13H17N3O4. The second-order valence-corrected chi connectivity index (χ2v) is 5.20. The second kappa shape index (κ2) is 5.34. The Bertz CT molecular complexity index is 479. The minimum absolute atomic E-state index is 0.0165. The van der Waals surface area contributed by atoms with Crippen molar-refractivity contribution in [2.75, 3.05) is 37.8 Å². The molecule has 0 aromatic carbocycles. The number of morpholine rings is 1. The van der Waals surface area contributed by atoms with E-state index >= 15 is 0 Å². The first-order valence-corrected chi connectivity index (χ1v) is 6.76. The average Bonchev–Trinajstić information content (AvgIpc) is 2.48. The van der Waals surface area contributed by atoms with Crippen molar-refractivity contribution in [3.63, 3.8) is 0 Å². The van der Waals surface area contributed by atoms with Gasteiger partial charge in [-0.15, -0.1) is 0 Å². The highest BCUT2D eigenvalue weighted by Gasteiger charge is 2.38. The summed E-state index contributed by atoms with van der Waals surface area (Å²) in [5, 5.41) is 10.6. The fourth-order valence-electron chi connectivity index (χ4n) is 2.76. The zero-order valence-corrected chi connectivity index (χ0v) is 11.2. The van der Waals surface area contributed by atoms with Gasteiger partial charge in [0.15, 0.2) is 0 Å². The molecule has 0 bridgehead atoms. The third-order valence-corrected chi connectivity index (χ3v) is 3.92. The first-order valence-electron chi connectivity index (χ1n) is 6.76. The molecule has 1 aromatic rings. The number of nitrogens with zero attached hydrogens (tertiary/aromatic N) is 3. The molecule has 2 saturated heterocycles. The molecule has 2 aliphatic heterocycles. The van der Waals surface area contributed by atoms with Gasteiger partial charge >= 0.3 is 0 Å². The Morgan fingerprint density at radius 1 is 1.30 bits per heavy atom. The molecule has 0 N–H and O–H groups in total. The van der Waals surface area contributed by atoms with Crippen LogP contribution in [0.1, 0.15) is 12.8 Å². The van der Waals surface area contributed by atoms with Gasteiger partial charge in [-0.25, -0.2) is 4.98 Å². The molecule has 7 nitrogen and oxygen atoms in total. The van der Waals surface area contributed by atoms with E-state index < -0.39 is 4.92 Å². The molecule has 7 heteroatoms. The number of rotatable bonds is 2. The Morgan fingerprint density at radius 3 is 2.75 bits per heavy atom. The molecular weight excluding hydrogens is 262 g/mol. The molecule has 3 rings (SSSR count). The van der Waals surface area contributed by atoms with E-state index in [1.165, 1.54) is 12.3 Å². The van der Waals surface area contributed by atoms with E-state index in [1.807, 2.05) is 0 Å². The number of aromatic nitrogens is 1. The zero-order valence-electron chi connectivity index (χ0n) is 11.2. The number of pyridine rings is 1. The topological polar surface area (TPSA) is 77.7 Å². The maximum atomic E-state index is 10.6.